The van der Waals surface area contributed by atoms with Crippen molar-refractivity contribution in [2.45, 2.75) is 26.4 Å². The summed E-state index contributed by atoms with van der Waals surface area (Å²) in [5.41, 5.74) is 1.56. The Bertz CT molecular complexity index is 1060. The molecular formula is C21H25F2N3O4S. The molecule has 0 fully saturated rings. The number of hydrogen-bond acceptors (Lipinski definition) is 4. The summed E-state index contributed by atoms with van der Waals surface area (Å²) in [5.74, 6) is -3.49. The molecule has 2 rings (SSSR count). The van der Waals surface area contributed by atoms with Crippen LogP contribution in [0.1, 0.15) is 18.1 Å². The molecule has 0 aliphatic carbocycles. The van der Waals surface area contributed by atoms with Crippen LogP contribution in [-0.2, 0) is 26.2 Å². The topological polar surface area (TPSA) is 86.8 Å². The number of carbonyl (C=O) groups is 2. The SMILES string of the molecule is CNC(=O)C(C)N(Cc1ccc(C)cc1)C(=O)CN(c1ccc(F)c(F)c1)S(C)(=O)=O. The molecule has 1 unspecified atom stereocenters. The van der Waals surface area contributed by atoms with E-state index in [-0.39, 0.29) is 12.2 Å². The van der Waals surface area contributed by atoms with Crippen LogP contribution in [0.2, 0.25) is 0 Å². The minimum absolute atomic E-state index is 0.0586. The van der Waals surface area contributed by atoms with Gasteiger partial charge in [-0.15, -0.1) is 0 Å². The van der Waals surface area contributed by atoms with Crippen LogP contribution in [0.5, 0.6) is 0 Å². The second-order valence-electron chi connectivity index (χ2n) is 7.17. The summed E-state index contributed by atoms with van der Waals surface area (Å²) in [6.07, 6.45) is 0.855. The maximum atomic E-state index is 13.7. The van der Waals surface area contributed by atoms with Crippen molar-refractivity contribution in [3.63, 3.8) is 0 Å². The summed E-state index contributed by atoms with van der Waals surface area (Å²) < 4.78 is 52.3. The van der Waals surface area contributed by atoms with Gasteiger partial charge in [0.15, 0.2) is 11.6 Å². The molecule has 1 N–H and O–H groups in total. The molecule has 0 aliphatic heterocycles. The van der Waals surface area contributed by atoms with Crippen LogP contribution in [-0.4, -0.2) is 51.0 Å². The molecule has 0 radical (unpaired) electrons. The molecule has 0 aliphatic rings. The smallest absolute Gasteiger partial charge is 0.244 e. The fourth-order valence-electron chi connectivity index (χ4n) is 2.94. The maximum Gasteiger partial charge on any atom is 0.244 e. The first kappa shape index (κ1) is 24.3. The van der Waals surface area contributed by atoms with Crippen LogP contribution in [0.15, 0.2) is 42.5 Å². The number of rotatable bonds is 8. The summed E-state index contributed by atoms with van der Waals surface area (Å²) >= 11 is 0. The van der Waals surface area contributed by atoms with Crippen molar-refractivity contribution in [2.24, 2.45) is 0 Å². The van der Waals surface area contributed by atoms with E-state index in [1.54, 1.807) is 12.1 Å². The predicted octanol–water partition coefficient (Wildman–Crippen LogP) is 2.20. The normalized spacial score (nSPS) is 12.2. The Balaban J connectivity index is 2.39. The van der Waals surface area contributed by atoms with Crippen molar-refractivity contribution in [2.75, 3.05) is 24.2 Å². The van der Waals surface area contributed by atoms with Gasteiger partial charge in [0.1, 0.15) is 12.6 Å². The molecule has 0 saturated carbocycles. The molecule has 0 aromatic heterocycles. The average Bonchev–Trinajstić information content (AvgIpc) is 2.71. The molecule has 0 bridgehead atoms. The zero-order valence-corrected chi connectivity index (χ0v) is 18.5. The fourth-order valence-corrected chi connectivity index (χ4v) is 3.78. The lowest BCUT2D eigenvalue weighted by Gasteiger charge is -2.31. The number of hydrogen-bond donors (Lipinski definition) is 1. The second-order valence-corrected chi connectivity index (χ2v) is 9.07. The van der Waals surface area contributed by atoms with Gasteiger partial charge in [0.2, 0.25) is 21.8 Å². The molecule has 7 nitrogen and oxygen atoms in total. The summed E-state index contributed by atoms with van der Waals surface area (Å²) in [7, 11) is -2.58. The highest BCUT2D eigenvalue weighted by atomic mass is 32.2. The van der Waals surface area contributed by atoms with Crippen molar-refractivity contribution >= 4 is 27.5 Å². The van der Waals surface area contributed by atoms with E-state index >= 15 is 0 Å². The number of aryl methyl sites for hydroxylation is 1. The predicted molar refractivity (Wildman–Crippen MR) is 114 cm³/mol. The Morgan fingerprint density at radius 2 is 1.68 bits per heavy atom. The average molecular weight is 454 g/mol. The van der Waals surface area contributed by atoms with Crippen LogP contribution in [0.25, 0.3) is 0 Å². The zero-order valence-electron chi connectivity index (χ0n) is 17.7. The molecule has 2 aromatic carbocycles. The van der Waals surface area contributed by atoms with Crippen molar-refractivity contribution in [1.82, 2.24) is 10.2 Å². The van der Waals surface area contributed by atoms with Crippen LogP contribution in [0.4, 0.5) is 14.5 Å². The molecular weight excluding hydrogens is 428 g/mol. The quantitative estimate of drug-likeness (QED) is 0.664. The standard InChI is InChI=1S/C21H25F2N3O4S/c1-14-5-7-16(8-6-14)12-25(15(2)21(28)24-3)20(27)13-26(31(4,29)30)17-9-10-18(22)19(23)11-17/h5-11,15H,12-13H2,1-4H3,(H,24,28). The number of benzene rings is 2. The van der Waals surface area contributed by atoms with Gasteiger partial charge in [-0.05, 0) is 31.5 Å². The summed E-state index contributed by atoms with van der Waals surface area (Å²) in [5, 5.41) is 2.47. The molecule has 0 spiro atoms. The lowest BCUT2D eigenvalue weighted by Crippen LogP contribution is -2.50. The van der Waals surface area contributed by atoms with Crippen molar-refractivity contribution in [3.8, 4) is 0 Å². The van der Waals surface area contributed by atoms with Crippen molar-refractivity contribution < 1.29 is 26.8 Å². The van der Waals surface area contributed by atoms with Crippen molar-refractivity contribution in [1.29, 1.82) is 0 Å². The lowest BCUT2D eigenvalue weighted by atomic mass is 10.1. The molecule has 2 aromatic rings. The highest BCUT2D eigenvalue weighted by Crippen LogP contribution is 2.21. The van der Waals surface area contributed by atoms with Gasteiger partial charge in [0, 0.05) is 19.7 Å². The molecule has 1 atom stereocenters. The van der Waals surface area contributed by atoms with Gasteiger partial charge in [-0.25, -0.2) is 17.2 Å². The number of nitrogens with zero attached hydrogens (tertiary/aromatic N) is 2. The third-order valence-electron chi connectivity index (χ3n) is 4.76. The Labute approximate surface area is 180 Å². The van der Waals surface area contributed by atoms with E-state index < -0.39 is 46.1 Å². The van der Waals surface area contributed by atoms with Gasteiger partial charge in [-0.2, -0.15) is 0 Å². The monoisotopic (exact) mass is 453 g/mol. The lowest BCUT2D eigenvalue weighted by molar-refractivity contribution is -0.139. The Kier molecular flexibility index (Phi) is 7.72. The molecule has 0 saturated heterocycles. The van der Waals surface area contributed by atoms with Gasteiger partial charge in [-0.3, -0.25) is 13.9 Å². The van der Waals surface area contributed by atoms with E-state index in [0.29, 0.717) is 10.4 Å². The third-order valence-corrected chi connectivity index (χ3v) is 5.90. The highest BCUT2D eigenvalue weighted by molar-refractivity contribution is 7.92. The summed E-state index contributed by atoms with van der Waals surface area (Å²) in [4.78, 5) is 26.6. The molecule has 168 valence electrons. The van der Waals surface area contributed by atoms with Gasteiger partial charge in [0.25, 0.3) is 0 Å². The minimum Gasteiger partial charge on any atom is -0.357 e. The zero-order chi connectivity index (χ0) is 23.3. The van der Waals surface area contributed by atoms with E-state index in [4.69, 9.17) is 0 Å². The van der Waals surface area contributed by atoms with Gasteiger partial charge in [0.05, 0.1) is 11.9 Å². The van der Waals surface area contributed by atoms with Crippen LogP contribution in [0, 0.1) is 18.6 Å². The fraction of sp³-hybridized carbons (Fsp3) is 0.333. The minimum atomic E-state index is -4.01. The largest absolute Gasteiger partial charge is 0.357 e. The number of sulfonamides is 1. The van der Waals surface area contributed by atoms with Gasteiger partial charge < -0.3 is 10.2 Å². The number of nitrogens with one attached hydrogen (secondary N) is 1. The first-order valence-corrected chi connectivity index (χ1v) is 11.3. The molecule has 2 amide bonds. The van der Waals surface area contributed by atoms with Crippen molar-refractivity contribution in [3.05, 3.63) is 65.2 Å². The Morgan fingerprint density at radius 3 is 2.19 bits per heavy atom. The summed E-state index contributed by atoms with van der Waals surface area (Å²) in [6.45, 7) is 2.80. The maximum absolute atomic E-state index is 13.7. The molecule has 31 heavy (non-hydrogen) atoms. The third kappa shape index (κ3) is 6.24. The van der Waals surface area contributed by atoms with Crippen LogP contribution < -0.4 is 9.62 Å². The molecule has 10 heteroatoms. The van der Waals surface area contributed by atoms with E-state index in [1.165, 1.54) is 18.9 Å². The van der Waals surface area contributed by atoms with E-state index in [2.05, 4.69) is 5.32 Å². The number of amides is 2. The number of anilines is 1. The Morgan fingerprint density at radius 1 is 1.06 bits per heavy atom. The first-order valence-electron chi connectivity index (χ1n) is 9.43. The van der Waals surface area contributed by atoms with Gasteiger partial charge in [-0.1, -0.05) is 29.8 Å². The van der Waals surface area contributed by atoms with Crippen LogP contribution in [0.3, 0.4) is 0 Å². The van der Waals surface area contributed by atoms with Gasteiger partial charge >= 0.3 is 0 Å². The second kappa shape index (κ2) is 9.86. The van der Waals surface area contributed by atoms with E-state index in [1.807, 2.05) is 19.1 Å². The van der Waals surface area contributed by atoms with E-state index in [0.717, 1.165) is 29.5 Å². The number of likely N-dealkylation sites (N-methyl/N-ethyl adjacent to an activating group) is 1. The Hall–Kier alpha value is -3.01. The molecule has 0 heterocycles. The first-order chi connectivity index (χ1) is 14.4. The summed E-state index contributed by atoms with van der Waals surface area (Å²) in [6, 6.07) is 8.97. The highest BCUT2D eigenvalue weighted by Gasteiger charge is 2.30. The van der Waals surface area contributed by atoms with E-state index in [9.17, 15) is 26.8 Å². The number of carbonyl (C=O) groups excluding carboxylic acids is 2. The number of halogens is 2. The van der Waals surface area contributed by atoms with Crippen LogP contribution >= 0.6 is 0 Å².